The van der Waals surface area contributed by atoms with Crippen molar-refractivity contribution in [3.8, 4) is 0 Å². The van der Waals surface area contributed by atoms with E-state index in [2.05, 4.69) is 5.32 Å². The number of carbonyl (C=O) groups is 2. The molecule has 6 nitrogen and oxygen atoms in total. The number of rotatable bonds is 4. The molecule has 1 rings (SSSR count). The van der Waals surface area contributed by atoms with Crippen LogP contribution >= 0.6 is 0 Å². The highest BCUT2D eigenvalue weighted by molar-refractivity contribution is 7.92. The number of sulfone groups is 1. The Kier molecular flexibility index (Phi) is 5.08. The SMILES string of the molecule is CCC1(C)NC(=O)CCN(CCS(=O)(=O)C(C)(C)C)C1=O. The number of hydrogen-bond acceptors (Lipinski definition) is 4. The lowest BCUT2D eigenvalue weighted by Crippen LogP contribution is -2.55. The van der Waals surface area contributed by atoms with Crippen LogP contribution in [0.15, 0.2) is 0 Å². The van der Waals surface area contributed by atoms with Crippen LogP contribution in [0.2, 0.25) is 0 Å². The Morgan fingerprint density at radius 2 is 1.86 bits per heavy atom. The van der Waals surface area contributed by atoms with Gasteiger partial charge in [-0.25, -0.2) is 8.42 Å². The molecule has 1 unspecified atom stereocenters. The van der Waals surface area contributed by atoms with Gasteiger partial charge in [-0.05, 0) is 34.1 Å². The zero-order chi connectivity index (χ0) is 16.5. The zero-order valence-electron chi connectivity index (χ0n) is 13.5. The van der Waals surface area contributed by atoms with Gasteiger partial charge in [0.2, 0.25) is 11.8 Å². The summed E-state index contributed by atoms with van der Waals surface area (Å²) in [4.78, 5) is 25.7. The molecule has 1 N–H and O–H groups in total. The summed E-state index contributed by atoms with van der Waals surface area (Å²) in [6, 6.07) is 0. The summed E-state index contributed by atoms with van der Waals surface area (Å²) in [7, 11) is -3.29. The molecule has 1 aliphatic heterocycles. The average Bonchev–Trinajstić information content (AvgIpc) is 2.45. The lowest BCUT2D eigenvalue weighted by Gasteiger charge is -2.31. The van der Waals surface area contributed by atoms with Crippen LogP contribution in [0.4, 0.5) is 0 Å². The molecule has 1 aliphatic rings. The zero-order valence-corrected chi connectivity index (χ0v) is 14.3. The van der Waals surface area contributed by atoms with Gasteiger partial charge in [0.05, 0.1) is 10.5 Å². The van der Waals surface area contributed by atoms with E-state index in [1.807, 2.05) is 6.92 Å². The van der Waals surface area contributed by atoms with Crippen LogP contribution in [0, 0.1) is 0 Å². The predicted octanol–water partition coefficient (Wildman–Crippen LogP) is 0.717. The third kappa shape index (κ3) is 3.96. The normalized spacial score (nSPS) is 24.7. The van der Waals surface area contributed by atoms with E-state index >= 15 is 0 Å². The molecule has 2 amide bonds. The Hall–Kier alpha value is -1.11. The van der Waals surface area contributed by atoms with Gasteiger partial charge in [-0.15, -0.1) is 0 Å². The fraction of sp³-hybridized carbons (Fsp3) is 0.857. The largest absolute Gasteiger partial charge is 0.342 e. The molecule has 122 valence electrons. The summed E-state index contributed by atoms with van der Waals surface area (Å²) in [6.45, 7) is 8.84. The van der Waals surface area contributed by atoms with Crippen LogP contribution in [-0.2, 0) is 19.4 Å². The Morgan fingerprint density at radius 1 is 1.29 bits per heavy atom. The van der Waals surface area contributed by atoms with E-state index in [1.165, 1.54) is 4.90 Å². The Balaban J connectivity index is 2.88. The van der Waals surface area contributed by atoms with Crippen LogP contribution in [0.25, 0.3) is 0 Å². The maximum absolute atomic E-state index is 12.5. The summed E-state index contributed by atoms with van der Waals surface area (Å²) >= 11 is 0. The van der Waals surface area contributed by atoms with Crippen molar-refractivity contribution < 1.29 is 18.0 Å². The first-order valence-electron chi connectivity index (χ1n) is 7.25. The van der Waals surface area contributed by atoms with Gasteiger partial charge in [0.15, 0.2) is 9.84 Å². The molecular formula is C14H26N2O4S. The van der Waals surface area contributed by atoms with E-state index in [0.29, 0.717) is 6.42 Å². The summed E-state index contributed by atoms with van der Waals surface area (Å²) in [5.41, 5.74) is -0.945. The van der Waals surface area contributed by atoms with Gasteiger partial charge in [-0.3, -0.25) is 9.59 Å². The van der Waals surface area contributed by atoms with Crippen molar-refractivity contribution in [1.29, 1.82) is 0 Å². The topological polar surface area (TPSA) is 83.6 Å². The third-order valence-corrected chi connectivity index (χ3v) is 6.64. The highest BCUT2D eigenvalue weighted by Gasteiger charge is 2.40. The van der Waals surface area contributed by atoms with Crippen LogP contribution in [0.3, 0.4) is 0 Å². The lowest BCUT2D eigenvalue weighted by molar-refractivity contribution is -0.138. The lowest BCUT2D eigenvalue weighted by atomic mass is 9.97. The van der Waals surface area contributed by atoms with Crippen LogP contribution in [0.1, 0.15) is 47.5 Å². The molecule has 1 saturated heterocycles. The second-order valence-corrected chi connectivity index (χ2v) is 9.57. The molecule has 0 spiro atoms. The van der Waals surface area contributed by atoms with Gasteiger partial charge >= 0.3 is 0 Å². The first-order chi connectivity index (χ1) is 9.43. The van der Waals surface area contributed by atoms with Gasteiger partial charge in [0.25, 0.3) is 0 Å². The molecule has 0 aromatic carbocycles. The minimum Gasteiger partial charge on any atom is -0.342 e. The molecule has 0 bridgehead atoms. The molecule has 7 heteroatoms. The van der Waals surface area contributed by atoms with E-state index in [0.717, 1.165) is 0 Å². The molecule has 21 heavy (non-hydrogen) atoms. The van der Waals surface area contributed by atoms with Gasteiger partial charge < -0.3 is 10.2 Å². The van der Waals surface area contributed by atoms with Crippen molar-refractivity contribution in [1.82, 2.24) is 10.2 Å². The third-order valence-electron chi connectivity index (χ3n) is 4.05. The second kappa shape index (κ2) is 5.94. The number of hydrogen-bond donors (Lipinski definition) is 1. The number of nitrogens with zero attached hydrogens (tertiary/aromatic N) is 1. The molecule has 0 saturated carbocycles. The average molecular weight is 318 g/mol. The quantitative estimate of drug-likeness (QED) is 0.828. The number of amides is 2. The molecule has 1 atom stereocenters. The van der Waals surface area contributed by atoms with E-state index in [-0.39, 0.29) is 37.1 Å². The van der Waals surface area contributed by atoms with Crippen LogP contribution in [-0.4, -0.2) is 54.3 Å². The van der Waals surface area contributed by atoms with Crippen molar-refractivity contribution >= 4 is 21.7 Å². The van der Waals surface area contributed by atoms with Crippen molar-refractivity contribution in [2.75, 3.05) is 18.8 Å². The summed E-state index contributed by atoms with van der Waals surface area (Å²) < 4.78 is 23.5. The van der Waals surface area contributed by atoms with Gasteiger partial charge in [-0.1, -0.05) is 6.92 Å². The van der Waals surface area contributed by atoms with Gasteiger partial charge in [-0.2, -0.15) is 0 Å². The Morgan fingerprint density at radius 3 is 2.33 bits per heavy atom. The maximum Gasteiger partial charge on any atom is 0.248 e. The molecular weight excluding hydrogens is 292 g/mol. The monoisotopic (exact) mass is 318 g/mol. The van der Waals surface area contributed by atoms with Crippen molar-refractivity contribution in [2.45, 2.75) is 57.7 Å². The number of nitrogens with one attached hydrogen (secondary N) is 1. The van der Waals surface area contributed by atoms with Crippen LogP contribution in [0.5, 0.6) is 0 Å². The van der Waals surface area contributed by atoms with Crippen molar-refractivity contribution in [3.63, 3.8) is 0 Å². The molecule has 1 heterocycles. The summed E-state index contributed by atoms with van der Waals surface area (Å²) in [6.07, 6.45) is 0.678. The fourth-order valence-electron chi connectivity index (χ4n) is 2.10. The minimum atomic E-state index is -3.29. The van der Waals surface area contributed by atoms with Crippen molar-refractivity contribution in [2.24, 2.45) is 0 Å². The fourth-order valence-corrected chi connectivity index (χ4v) is 3.17. The van der Waals surface area contributed by atoms with E-state index in [1.54, 1.807) is 27.7 Å². The second-order valence-electron chi connectivity index (χ2n) is 6.71. The molecule has 1 fully saturated rings. The number of carbonyl (C=O) groups excluding carboxylic acids is 2. The molecule has 0 aliphatic carbocycles. The highest BCUT2D eigenvalue weighted by Crippen LogP contribution is 2.20. The van der Waals surface area contributed by atoms with E-state index < -0.39 is 20.1 Å². The summed E-state index contributed by atoms with van der Waals surface area (Å²) in [5.74, 6) is -0.468. The van der Waals surface area contributed by atoms with Gasteiger partial charge in [0, 0.05) is 19.5 Å². The molecule has 0 aromatic heterocycles. The Labute approximate surface area is 127 Å². The highest BCUT2D eigenvalue weighted by atomic mass is 32.2. The standard InChI is InChI=1S/C14H26N2O4S/c1-6-14(5)12(18)16(8-7-11(17)15-14)9-10-21(19,20)13(2,3)4/h6-10H2,1-5H3,(H,15,17). The molecule has 0 radical (unpaired) electrons. The van der Waals surface area contributed by atoms with Crippen LogP contribution < -0.4 is 5.32 Å². The first kappa shape index (κ1) is 17.9. The van der Waals surface area contributed by atoms with E-state index in [4.69, 9.17) is 0 Å². The predicted molar refractivity (Wildman–Crippen MR) is 81.6 cm³/mol. The van der Waals surface area contributed by atoms with Crippen molar-refractivity contribution in [3.05, 3.63) is 0 Å². The maximum atomic E-state index is 12.5. The smallest absolute Gasteiger partial charge is 0.248 e. The Bertz CT molecular complexity index is 522. The van der Waals surface area contributed by atoms with Gasteiger partial charge in [0.1, 0.15) is 5.54 Å². The molecule has 0 aromatic rings. The first-order valence-corrected chi connectivity index (χ1v) is 8.91. The minimum absolute atomic E-state index is 0.0871. The summed E-state index contributed by atoms with van der Waals surface area (Å²) in [5, 5.41) is 2.73. The van der Waals surface area contributed by atoms with E-state index in [9.17, 15) is 18.0 Å².